The second kappa shape index (κ2) is 6.00. The first-order chi connectivity index (χ1) is 8.06. The monoisotopic (exact) mass is 231 g/mol. The molecule has 1 aromatic rings. The number of aromatic nitrogens is 1. The van der Waals surface area contributed by atoms with E-state index in [9.17, 15) is 4.79 Å². The quantitative estimate of drug-likeness (QED) is 0.797. The minimum absolute atomic E-state index is 0.0669. The van der Waals surface area contributed by atoms with Gasteiger partial charge in [-0.05, 0) is 32.9 Å². The van der Waals surface area contributed by atoms with E-state index in [2.05, 4.69) is 11.1 Å². The van der Waals surface area contributed by atoms with Crippen molar-refractivity contribution in [2.45, 2.75) is 33.2 Å². The first kappa shape index (κ1) is 13.2. The second-order valence-electron chi connectivity index (χ2n) is 4.19. The Morgan fingerprint density at radius 2 is 2.24 bits per heavy atom. The fraction of sp³-hybridized carbons (Fsp3) is 0.462. The number of nitriles is 1. The maximum Gasteiger partial charge on any atom is 0.255 e. The van der Waals surface area contributed by atoms with Crippen LogP contribution in [-0.2, 0) is 0 Å². The molecule has 1 aromatic heterocycles. The van der Waals surface area contributed by atoms with Crippen LogP contribution in [-0.4, -0.2) is 28.4 Å². The molecule has 0 aliphatic heterocycles. The van der Waals surface area contributed by atoms with Gasteiger partial charge in [-0.3, -0.25) is 9.78 Å². The minimum atomic E-state index is -0.0669. The Morgan fingerprint density at radius 3 is 2.71 bits per heavy atom. The molecule has 0 radical (unpaired) electrons. The Hall–Kier alpha value is -1.89. The van der Waals surface area contributed by atoms with Crippen molar-refractivity contribution in [3.63, 3.8) is 0 Å². The van der Waals surface area contributed by atoms with E-state index in [4.69, 9.17) is 5.26 Å². The molecule has 0 aliphatic carbocycles. The van der Waals surface area contributed by atoms with Gasteiger partial charge in [0.1, 0.15) is 0 Å². The second-order valence-corrected chi connectivity index (χ2v) is 4.19. The predicted octanol–water partition coefficient (Wildman–Crippen LogP) is 2.15. The highest BCUT2D eigenvalue weighted by Gasteiger charge is 2.18. The topological polar surface area (TPSA) is 57.0 Å². The lowest BCUT2D eigenvalue weighted by molar-refractivity contribution is 0.0710. The molecule has 0 saturated carbocycles. The average molecular weight is 231 g/mol. The first-order valence-electron chi connectivity index (χ1n) is 5.67. The van der Waals surface area contributed by atoms with E-state index >= 15 is 0 Å². The average Bonchev–Trinajstić information content (AvgIpc) is 2.29. The molecule has 1 amide bonds. The maximum absolute atomic E-state index is 12.2. The normalized spacial score (nSPS) is 10.1. The molecule has 0 aromatic carbocycles. The fourth-order valence-corrected chi connectivity index (χ4v) is 1.52. The van der Waals surface area contributed by atoms with E-state index in [0.717, 1.165) is 5.69 Å². The number of carbonyl (C=O) groups excluding carboxylic acids is 1. The summed E-state index contributed by atoms with van der Waals surface area (Å²) in [5.74, 6) is -0.0669. The third-order valence-electron chi connectivity index (χ3n) is 2.51. The number of aryl methyl sites for hydroxylation is 1. The van der Waals surface area contributed by atoms with Crippen LogP contribution in [0.1, 0.15) is 36.3 Å². The maximum atomic E-state index is 12.2. The van der Waals surface area contributed by atoms with Gasteiger partial charge < -0.3 is 4.90 Å². The SMILES string of the molecule is Cc1ccc(C(=O)N(CCC#N)C(C)C)cn1. The standard InChI is InChI=1S/C13H17N3O/c1-10(2)16(8-4-7-14)13(17)12-6-5-11(3)15-9-12/h5-6,9-10H,4,8H2,1-3H3. The van der Waals surface area contributed by atoms with Crippen LogP contribution in [0.2, 0.25) is 0 Å². The molecular formula is C13H17N3O. The third kappa shape index (κ3) is 3.56. The van der Waals surface area contributed by atoms with Crippen LogP contribution in [0.25, 0.3) is 0 Å². The van der Waals surface area contributed by atoms with Crippen molar-refractivity contribution in [1.29, 1.82) is 5.26 Å². The van der Waals surface area contributed by atoms with Gasteiger partial charge in [-0.2, -0.15) is 5.26 Å². The third-order valence-corrected chi connectivity index (χ3v) is 2.51. The van der Waals surface area contributed by atoms with Crippen molar-refractivity contribution >= 4 is 5.91 Å². The van der Waals surface area contributed by atoms with Gasteiger partial charge >= 0.3 is 0 Å². The Labute approximate surface area is 102 Å². The molecule has 1 heterocycles. The molecule has 0 unspecified atom stereocenters. The Bertz CT molecular complexity index is 417. The van der Waals surface area contributed by atoms with E-state index < -0.39 is 0 Å². The zero-order valence-electron chi connectivity index (χ0n) is 10.5. The van der Waals surface area contributed by atoms with Crippen LogP contribution in [0.5, 0.6) is 0 Å². The molecule has 4 nitrogen and oxygen atoms in total. The molecular weight excluding hydrogens is 214 g/mol. The zero-order valence-corrected chi connectivity index (χ0v) is 10.5. The van der Waals surface area contributed by atoms with Gasteiger partial charge in [0.25, 0.3) is 5.91 Å². The zero-order chi connectivity index (χ0) is 12.8. The molecule has 4 heteroatoms. The number of pyridine rings is 1. The summed E-state index contributed by atoms with van der Waals surface area (Å²) in [4.78, 5) is 18.0. The summed E-state index contributed by atoms with van der Waals surface area (Å²) >= 11 is 0. The Morgan fingerprint density at radius 1 is 1.53 bits per heavy atom. The molecule has 90 valence electrons. The molecule has 1 rings (SSSR count). The molecule has 0 fully saturated rings. The number of nitrogens with zero attached hydrogens (tertiary/aromatic N) is 3. The summed E-state index contributed by atoms with van der Waals surface area (Å²) in [5.41, 5.74) is 1.46. The van der Waals surface area contributed by atoms with Gasteiger partial charge in [-0.25, -0.2) is 0 Å². The van der Waals surface area contributed by atoms with E-state index in [0.29, 0.717) is 18.5 Å². The number of hydrogen-bond donors (Lipinski definition) is 0. The van der Waals surface area contributed by atoms with Gasteiger partial charge in [0.15, 0.2) is 0 Å². The first-order valence-corrected chi connectivity index (χ1v) is 5.67. The summed E-state index contributed by atoms with van der Waals surface area (Å²) in [5, 5.41) is 8.59. The minimum Gasteiger partial charge on any atom is -0.335 e. The highest BCUT2D eigenvalue weighted by molar-refractivity contribution is 5.94. The van der Waals surface area contributed by atoms with Gasteiger partial charge in [0.2, 0.25) is 0 Å². The van der Waals surface area contributed by atoms with Crippen molar-refractivity contribution in [3.8, 4) is 6.07 Å². The van der Waals surface area contributed by atoms with Crippen LogP contribution >= 0.6 is 0 Å². The van der Waals surface area contributed by atoms with Gasteiger partial charge in [0.05, 0.1) is 18.1 Å². The van der Waals surface area contributed by atoms with Gasteiger partial charge in [-0.1, -0.05) is 0 Å². The van der Waals surface area contributed by atoms with Crippen LogP contribution in [0.15, 0.2) is 18.3 Å². The van der Waals surface area contributed by atoms with Crippen LogP contribution in [0.4, 0.5) is 0 Å². The molecule has 0 saturated heterocycles. The highest BCUT2D eigenvalue weighted by atomic mass is 16.2. The smallest absolute Gasteiger partial charge is 0.255 e. The van der Waals surface area contributed by atoms with E-state index in [1.54, 1.807) is 17.2 Å². The van der Waals surface area contributed by atoms with Crippen molar-refractivity contribution < 1.29 is 4.79 Å². The van der Waals surface area contributed by atoms with E-state index in [1.165, 1.54) is 0 Å². The number of amides is 1. The summed E-state index contributed by atoms with van der Waals surface area (Å²) in [7, 11) is 0. The van der Waals surface area contributed by atoms with Crippen molar-refractivity contribution in [2.24, 2.45) is 0 Å². The summed E-state index contributed by atoms with van der Waals surface area (Å²) in [6, 6.07) is 5.73. The van der Waals surface area contributed by atoms with Crippen LogP contribution < -0.4 is 0 Å². The molecule has 0 N–H and O–H groups in total. The predicted molar refractivity (Wildman–Crippen MR) is 65.4 cm³/mol. The molecule has 0 atom stereocenters. The van der Waals surface area contributed by atoms with E-state index in [-0.39, 0.29) is 11.9 Å². The van der Waals surface area contributed by atoms with Crippen molar-refractivity contribution in [3.05, 3.63) is 29.6 Å². The number of carbonyl (C=O) groups is 1. The summed E-state index contributed by atoms with van der Waals surface area (Å²) < 4.78 is 0. The fourth-order valence-electron chi connectivity index (χ4n) is 1.52. The molecule has 17 heavy (non-hydrogen) atoms. The molecule has 0 bridgehead atoms. The lowest BCUT2D eigenvalue weighted by Crippen LogP contribution is -2.37. The molecule has 0 spiro atoms. The van der Waals surface area contributed by atoms with Gasteiger partial charge in [0, 0.05) is 24.5 Å². The van der Waals surface area contributed by atoms with Crippen molar-refractivity contribution in [2.75, 3.05) is 6.54 Å². The van der Waals surface area contributed by atoms with Crippen LogP contribution in [0, 0.1) is 18.3 Å². The van der Waals surface area contributed by atoms with Gasteiger partial charge in [-0.15, -0.1) is 0 Å². The molecule has 0 aliphatic rings. The highest BCUT2D eigenvalue weighted by Crippen LogP contribution is 2.08. The van der Waals surface area contributed by atoms with Crippen LogP contribution in [0.3, 0.4) is 0 Å². The summed E-state index contributed by atoms with van der Waals surface area (Å²) in [6.45, 7) is 6.22. The number of hydrogen-bond acceptors (Lipinski definition) is 3. The Kier molecular flexibility index (Phi) is 4.65. The largest absolute Gasteiger partial charge is 0.335 e. The lowest BCUT2D eigenvalue weighted by Gasteiger charge is -2.25. The Balaban J connectivity index is 2.84. The number of rotatable bonds is 4. The summed E-state index contributed by atoms with van der Waals surface area (Å²) in [6.07, 6.45) is 1.93. The van der Waals surface area contributed by atoms with E-state index in [1.807, 2.05) is 26.8 Å². The van der Waals surface area contributed by atoms with Crippen molar-refractivity contribution in [1.82, 2.24) is 9.88 Å². The lowest BCUT2D eigenvalue weighted by atomic mass is 10.2.